The second kappa shape index (κ2) is 4.59. The molecule has 0 unspecified atom stereocenters. The van der Waals surface area contributed by atoms with E-state index in [1.165, 1.54) is 6.42 Å². The molecular weight excluding hydrogens is 212 g/mol. The highest BCUT2D eigenvalue weighted by molar-refractivity contribution is 5.56. The number of hydrogen-bond donors (Lipinski definition) is 1. The van der Waals surface area contributed by atoms with Gasteiger partial charge in [-0.2, -0.15) is 0 Å². The first-order valence-corrected chi connectivity index (χ1v) is 5.89. The number of hydrogen-bond acceptors (Lipinski definition) is 4. The molecule has 86 valence electrons. The smallest absolute Gasteiger partial charge is 0.0900 e. The minimum Gasteiger partial charge on any atom is -0.309 e. The van der Waals surface area contributed by atoms with Crippen LogP contribution in [0, 0.1) is 0 Å². The molecule has 0 saturated carbocycles. The van der Waals surface area contributed by atoms with Gasteiger partial charge in [0.05, 0.1) is 29.8 Å². The minimum absolute atomic E-state index is 0.380. The van der Waals surface area contributed by atoms with E-state index in [1.807, 2.05) is 24.5 Å². The molecular formula is C13H14N4. The molecule has 0 aromatic carbocycles. The molecule has 0 spiro atoms. The zero-order valence-corrected chi connectivity index (χ0v) is 9.50. The quantitative estimate of drug-likeness (QED) is 0.850. The zero-order valence-electron chi connectivity index (χ0n) is 9.50. The van der Waals surface area contributed by atoms with Crippen LogP contribution in [0.3, 0.4) is 0 Å². The van der Waals surface area contributed by atoms with Crippen LogP contribution in [0.5, 0.6) is 0 Å². The summed E-state index contributed by atoms with van der Waals surface area (Å²) in [6.45, 7) is 1.08. The van der Waals surface area contributed by atoms with Crippen molar-refractivity contribution in [3.8, 4) is 11.3 Å². The Morgan fingerprint density at radius 3 is 2.82 bits per heavy atom. The number of nitrogens with one attached hydrogen (secondary N) is 1. The van der Waals surface area contributed by atoms with Gasteiger partial charge in [-0.25, -0.2) is 0 Å². The van der Waals surface area contributed by atoms with Crippen LogP contribution in [0.1, 0.15) is 24.6 Å². The molecule has 2 aromatic heterocycles. The third kappa shape index (κ3) is 2.17. The first kappa shape index (κ1) is 10.4. The Kier molecular flexibility index (Phi) is 2.80. The predicted molar refractivity (Wildman–Crippen MR) is 65.2 cm³/mol. The molecule has 1 saturated heterocycles. The Hall–Kier alpha value is -1.81. The summed E-state index contributed by atoms with van der Waals surface area (Å²) in [5.41, 5.74) is 2.92. The molecule has 3 heterocycles. The molecule has 1 aliphatic heterocycles. The predicted octanol–water partition coefficient (Wildman–Crippen LogP) is 1.96. The Balaban J connectivity index is 1.85. The van der Waals surface area contributed by atoms with Gasteiger partial charge in [0.1, 0.15) is 0 Å². The third-order valence-corrected chi connectivity index (χ3v) is 3.05. The summed E-state index contributed by atoms with van der Waals surface area (Å²) in [6, 6.07) is 4.28. The SMILES string of the molecule is c1cncc(-c2cnc([C@H]3CCCN3)cn2)c1. The summed E-state index contributed by atoms with van der Waals surface area (Å²) in [5, 5.41) is 3.42. The van der Waals surface area contributed by atoms with E-state index in [1.54, 1.807) is 12.4 Å². The largest absolute Gasteiger partial charge is 0.309 e. The van der Waals surface area contributed by atoms with E-state index in [2.05, 4.69) is 20.3 Å². The highest BCUT2D eigenvalue weighted by Crippen LogP contribution is 2.21. The van der Waals surface area contributed by atoms with E-state index in [-0.39, 0.29) is 0 Å². The lowest BCUT2D eigenvalue weighted by atomic mass is 10.1. The van der Waals surface area contributed by atoms with Crippen LogP contribution in [0.25, 0.3) is 11.3 Å². The second-order valence-corrected chi connectivity index (χ2v) is 4.22. The number of pyridine rings is 1. The van der Waals surface area contributed by atoms with Crippen molar-refractivity contribution >= 4 is 0 Å². The van der Waals surface area contributed by atoms with Gasteiger partial charge in [0.15, 0.2) is 0 Å². The summed E-state index contributed by atoms with van der Waals surface area (Å²) >= 11 is 0. The maximum Gasteiger partial charge on any atom is 0.0900 e. The molecule has 0 aliphatic carbocycles. The van der Waals surface area contributed by atoms with E-state index < -0.39 is 0 Å². The first-order valence-electron chi connectivity index (χ1n) is 5.89. The molecule has 1 N–H and O–H groups in total. The summed E-state index contributed by atoms with van der Waals surface area (Å²) in [7, 11) is 0. The van der Waals surface area contributed by atoms with Crippen LogP contribution in [-0.4, -0.2) is 21.5 Å². The zero-order chi connectivity index (χ0) is 11.5. The molecule has 1 aliphatic rings. The van der Waals surface area contributed by atoms with Crippen molar-refractivity contribution in [2.45, 2.75) is 18.9 Å². The summed E-state index contributed by atoms with van der Waals surface area (Å²) < 4.78 is 0. The minimum atomic E-state index is 0.380. The molecule has 4 nitrogen and oxygen atoms in total. The molecule has 17 heavy (non-hydrogen) atoms. The highest BCUT2D eigenvalue weighted by Gasteiger charge is 2.17. The van der Waals surface area contributed by atoms with Crippen molar-refractivity contribution in [2.75, 3.05) is 6.54 Å². The van der Waals surface area contributed by atoms with Crippen LogP contribution in [0.4, 0.5) is 0 Å². The van der Waals surface area contributed by atoms with Gasteiger partial charge in [-0.3, -0.25) is 15.0 Å². The molecule has 0 bridgehead atoms. The fourth-order valence-electron chi connectivity index (χ4n) is 2.12. The maximum absolute atomic E-state index is 4.48. The van der Waals surface area contributed by atoms with Crippen LogP contribution in [-0.2, 0) is 0 Å². The van der Waals surface area contributed by atoms with Gasteiger partial charge in [0, 0.05) is 18.0 Å². The van der Waals surface area contributed by atoms with Crippen LogP contribution in [0.15, 0.2) is 36.9 Å². The van der Waals surface area contributed by atoms with Crippen LogP contribution in [0.2, 0.25) is 0 Å². The fraction of sp³-hybridized carbons (Fsp3) is 0.308. The summed E-state index contributed by atoms with van der Waals surface area (Å²) in [4.78, 5) is 13.0. The lowest BCUT2D eigenvalue weighted by molar-refractivity contribution is 0.624. The molecule has 2 aromatic rings. The van der Waals surface area contributed by atoms with Crippen LogP contribution >= 0.6 is 0 Å². The molecule has 3 rings (SSSR count). The standard InChI is InChI=1S/C13H14N4/c1-3-10(7-14-5-1)12-8-17-13(9-16-12)11-4-2-6-15-11/h1,3,5,7-9,11,15H,2,4,6H2/t11-/m1/s1. The Labute approximate surface area is 100 Å². The van der Waals surface area contributed by atoms with Crippen molar-refractivity contribution in [1.82, 2.24) is 20.3 Å². The molecule has 0 amide bonds. The Bertz CT molecular complexity index is 475. The van der Waals surface area contributed by atoms with Gasteiger partial charge < -0.3 is 5.32 Å². The number of rotatable bonds is 2. The van der Waals surface area contributed by atoms with Crippen molar-refractivity contribution in [2.24, 2.45) is 0 Å². The third-order valence-electron chi connectivity index (χ3n) is 3.05. The second-order valence-electron chi connectivity index (χ2n) is 4.22. The molecule has 4 heteroatoms. The highest BCUT2D eigenvalue weighted by atomic mass is 15.0. The molecule has 1 fully saturated rings. The van der Waals surface area contributed by atoms with Crippen molar-refractivity contribution in [3.05, 3.63) is 42.6 Å². The Morgan fingerprint density at radius 1 is 1.18 bits per heavy atom. The van der Waals surface area contributed by atoms with Crippen LogP contribution < -0.4 is 5.32 Å². The van der Waals surface area contributed by atoms with E-state index in [0.29, 0.717) is 6.04 Å². The molecule has 1 atom stereocenters. The van der Waals surface area contributed by atoms with Gasteiger partial charge >= 0.3 is 0 Å². The number of aromatic nitrogens is 3. The van der Waals surface area contributed by atoms with Gasteiger partial charge in [0.2, 0.25) is 0 Å². The normalized spacial score (nSPS) is 19.4. The Morgan fingerprint density at radius 2 is 2.18 bits per heavy atom. The topological polar surface area (TPSA) is 50.7 Å². The average molecular weight is 226 g/mol. The van der Waals surface area contributed by atoms with Crippen molar-refractivity contribution in [3.63, 3.8) is 0 Å². The van der Waals surface area contributed by atoms with Gasteiger partial charge in [-0.1, -0.05) is 0 Å². The van der Waals surface area contributed by atoms with Gasteiger partial charge in [-0.05, 0) is 31.5 Å². The lowest BCUT2D eigenvalue weighted by Crippen LogP contribution is -2.14. The van der Waals surface area contributed by atoms with Crippen molar-refractivity contribution in [1.29, 1.82) is 0 Å². The monoisotopic (exact) mass is 226 g/mol. The van der Waals surface area contributed by atoms with E-state index in [0.717, 1.165) is 29.9 Å². The maximum atomic E-state index is 4.48. The van der Waals surface area contributed by atoms with E-state index >= 15 is 0 Å². The fourth-order valence-corrected chi connectivity index (χ4v) is 2.12. The first-order chi connectivity index (χ1) is 8.43. The summed E-state index contributed by atoms with van der Waals surface area (Å²) in [5.74, 6) is 0. The van der Waals surface area contributed by atoms with Gasteiger partial charge in [-0.15, -0.1) is 0 Å². The summed E-state index contributed by atoms with van der Waals surface area (Å²) in [6.07, 6.45) is 9.63. The molecule has 0 radical (unpaired) electrons. The van der Waals surface area contributed by atoms with Crippen molar-refractivity contribution < 1.29 is 0 Å². The lowest BCUT2D eigenvalue weighted by Gasteiger charge is -2.09. The van der Waals surface area contributed by atoms with Gasteiger partial charge in [0.25, 0.3) is 0 Å². The number of nitrogens with zero attached hydrogens (tertiary/aromatic N) is 3. The van der Waals surface area contributed by atoms with E-state index in [9.17, 15) is 0 Å². The average Bonchev–Trinajstić information content (AvgIpc) is 2.94. The van der Waals surface area contributed by atoms with E-state index in [4.69, 9.17) is 0 Å².